The van der Waals surface area contributed by atoms with Crippen LogP contribution in [0.4, 0.5) is 0 Å². The summed E-state index contributed by atoms with van der Waals surface area (Å²) in [6, 6.07) is 8.00. The molecule has 0 radical (unpaired) electrons. The summed E-state index contributed by atoms with van der Waals surface area (Å²) in [6.45, 7) is 5.58. The van der Waals surface area contributed by atoms with Crippen LogP contribution in [0.3, 0.4) is 0 Å². The third-order valence-corrected chi connectivity index (χ3v) is 3.87. The maximum absolute atomic E-state index is 11.0. The minimum Gasteiger partial charge on any atom is -0.508 e. The lowest BCUT2D eigenvalue weighted by atomic mass is 9.99. The van der Waals surface area contributed by atoms with Crippen molar-refractivity contribution < 1.29 is 9.90 Å². The zero-order valence-electron chi connectivity index (χ0n) is 11.6. The number of nitrogens with one attached hydrogen (secondary N) is 1. The minimum absolute atomic E-state index is 0.0483. The quantitative estimate of drug-likeness (QED) is 0.876. The van der Waals surface area contributed by atoms with Gasteiger partial charge in [-0.15, -0.1) is 0 Å². The Hall–Kier alpha value is -1.55. The fourth-order valence-corrected chi connectivity index (χ4v) is 2.76. The number of para-hydroxylation sites is 1. The monoisotopic (exact) mass is 262 g/mol. The van der Waals surface area contributed by atoms with Gasteiger partial charge in [0.25, 0.3) is 0 Å². The van der Waals surface area contributed by atoms with Gasteiger partial charge in [0.2, 0.25) is 5.91 Å². The van der Waals surface area contributed by atoms with Crippen molar-refractivity contribution in [1.29, 1.82) is 0 Å². The Bertz CT molecular complexity index is 440. The third kappa shape index (κ3) is 3.47. The molecule has 1 aromatic carbocycles. The van der Waals surface area contributed by atoms with E-state index in [0.717, 1.165) is 31.5 Å². The predicted octanol–water partition coefficient (Wildman–Crippen LogP) is 2.05. The lowest BCUT2D eigenvalue weighted by Crippen LogP contribution is -2.44. The molecule has 19 heavy (non-hydrogen) atoms. The number of carbonyl (C=O) groups excluding carboxylic acids is 1. The van der Waals surface area contributed by atoms with E-state index >= 15 is 0 Å². The highest BCUT2D eigenvalue weighted by Gasteiger charge is 2.24. The van der Waals surface area contributed by atoms with Crippen molar-refractivity contribution in [3.63, 3.8) is 0 Å². The number of nitrogens with zero attached hydrogens (tertiary/aromatic N) is 1. The van der Waals surface area contributed by atoms with Gasteiger partial charge < -0.3 is 10.4 Å². The molecular formula is C15H22N2O2. The minimum atomic E-state index is 0.0483. The summed E-state index contributed by atoms with van der Waals surface area (Å²) < 4.78 is 0. The number of phenols is 1. The molecule has 1 aliphatic heterocycles. The SMILES string of the molecule is CC(=O)NC1CCN(C(C)c2ccccc2O)CC1. The van der Waals surface area contributed by atoms with Crippen LogP contribution in [0.1, 0.15) is 38.3 Å². The van der Waals surface area contributed by atoms with Gasteiger partial charge in [0.15, 0.2) is 0 Å². The van der Waals surface area contributed by atoms with Gasteiger partial charge in [-0.3, -0.25) is 9.69 Å². The van der Waals surface area contributed by atoms with Crippen LogP contribution in [0.15, 0.2) is 24.3 Å². The molecule has 0 aromatic heterocycles. The average Bonchev–Trinajstić information content (AvgIpc) is 2.39. The van der Waals surface area contributed by atoms with Crippen molar-refractivity contribution in [2.24, 2.45) is 0 Å². The molecule has 1 amide bonds. The Kier molecular flexibility index (Phi) is 4.43. The number of aromatic hydroxyl groups is 1. The first-order valence-electron chi connectivity index (χ1n) is 6.87. The Morgan fingerprint density at radius 2 is 2.00 bits per heavy atom. The van der Waals surface area contributed by atoms with Gasteiger partial charge in [-0.1, -0.05) is 18.2 Å². The van der Waals surface area contributed by atoms with Crippen molar-refractivity contribution in [2.75, 3.05) is 13.1 Å². The molecule has 0 saturated carbocycles. The largest absolute Gasteiger partial charge is 0.508 e. The lowest BCUT2D eigenvalue weighted by molar-refractivity contribution is -0.120. The summed E-state index contributed by atoms with van der Waals surface area (Å²) in [5.41, 5.74) is 0.973. The van der Waals surface area contributed by atoms with Crippen LogP contribution in [-0.4, -0.2) is 35.0 Å². The molecule has 1 aliphatic rings. The van der Waals surface area contributed by atoms with Gasteiger partial charge in [-0.2, -0.15) is 0 Å². The first-order chi connectivity index (χ1) is 9.08. The van der Waals surface area contributed by atoms with Crippen molar-refractivity contribution in [2.45, 2.75) is 38.8 Å². The van der Waals surface area contributed by atoms with Crippen LogP contribution in [0.5, 0.6) is 5.75 Å². The molecule has 1 heterocycles. The average molecular weight is 262 g/mol. The molecule has 4 heteroatoms. The van der Waals surface area contributed by atoms with Gasteiger partial charge in [0.05, 0.1) is 0 Å². The number of piperidine rings is 1. The molecule has 1 fully saturated rings. The van der Waals surface area contributed by atoms with Crippen molar-refractivity contribution in [1.82, 2.24) is 10.2 Å². The van der Waals surface area contributed by atoms with Gasteiger partial charge in [-0.25, -0.2) is 0 Å². The number of carbonyl (C=O) groups is 1. The second-order valence-electron chi connectivity index (χ2n) is 5.25. The van der Waals surface area contributed by atoms with E-state index in [1.165, 1.54) is 0 Å². The van der Waals surface area contributed by atoms with Crippen molar-refractivity contribution in [3.05, 3.63) is 29.8 Å². The maximum Gasteiger partial charge on any atom is 0.217 e. The highest BCUT2D eigenvalue weighted by molar-refractivity contribution is 5.73. The summed E-state index contributed by atoms with van der Waals surface area (Å²) in [4.78, 5) is 13.4. The second-order valence-corrected chi connectivity index (χ2v) is 5.25. The number of rotatable bonds is 3. The molecule has 1 atom stereocenters. The molecule has 1 unspecified atom stereocenters. The zero-order valence-corrected chi connectivity index (χ0v) is 11.6. The topological polar surface area (TPSA) is 52.6 Å². The summed E-state index contributed by atoms with van der Waals surface area (Å²) in [7, 11) is 0. The van der Waals surface area contributed by atoms with E-state index in [2.05, 4.69) is 17.1 Å². The molecule has 0 aliphatic carbocycles. The highest BCUT2D eigenvalue weighted by atomic mass is 16.3. The first-order valence-corrected chi connectivity index (χ1v) is 6.87. The number of amides is 1. The van der Waals surface area contributed by atoms with Gasteiger partial charge in [0, 0.05) is 37.7 Å². The summed E-state index contributed by atoms with van der Waals surface area (Å²) >= 11 is 0. The van der Waals surface area contributed by atoms with Gasteiger partial charge in [0.1, 0.15) is 5.75 Å². The maximum atomic E-state index is 11.0. The van der Waals surface area contributed by atoms with Crippen LogP contribution in [0.2, 0.25) is 0 Å². The molecule has 104 valence electrons. The Balaban J connectivity index is 1.94. The smallest absolute Gasteiger partial charge is 0.217 e. The van der Waals surface area contributed by atoms with E-state index in [4.69, 9.17) is 0 Å². The first kappa shape index (κ1) is 13.9. The van der Waals surface area contributed by atoms with E-state index < -0.39 is 0 Å². The fraction of sp³-hybridized carbons (Fsp3) is 0.533. The van der Waals surface area contributed by atoms with Crippen molar-refractivity contribution >= 4 is 5.91 Å². The van der Waals surface area contributed by atoms with Crippen LogP contribution in [-0.2, 0) is 4.79 Å². The van der Waals surface area contributed by atoms with Crippen LogP contribution in [0, 0.1) is 0 Å². The molecular weight excluding hydrogens is 240 g/mol. The van der Waals surface area contributed by atoms with Crippen LogP contribution >= 0.6 is 0 Å². The number of phenolic OH excluding ortho intramolecular Hbond substituents is 1. The molecule has 0 spiro atoms. The Morgan fingerprint density at radius 3 is 2.58 bits per heavy atom. The zero-order chi connectivity index (χ0) is 13.8. The van der Waals surface area contributed by atoms with E-state index in [-0.39, 0.29) is 11.9 Å². The van der Waals surface area contributed by atoms with E-state index in [1.807, 2.05) is 18.2 Å². The number of likely N-dealkylation sites (tertiary alicyclic amines) is 1. The molecule has 0 bridgehead atoms. The summed E-state index contributed by atoms with van der Waals surface area (Å²) in [6.07, 6.45) is 1.94. The summed E-state index contributed by atoms with van der Waals surface area (Å²) in [5, 5.41) is 12.9. The van der Waals surface area contributed by atoms with Crippen molar-refractivity contribution in [3.8, 4) is 5.75 Å². The van der Waals surface area contributed by atoms with E-state index in [0.29, 0.717) is 11.8 Å². The van der Waals surface area contributed by atoms with Gasteiger partial charge >= 0.3 is 0 Å². The lowest BCUT2D eigenvalue weighted by Gasteiger charge is -2.36. The van der Waals surface area contributed by atoms with Gasteiger partial charge in [-0.05, 0) is 25.8 Å². The van der Waals surface area contributed by atoms with Crippen LogP contribution in [0.25, 0.3) is 0 Å². The Labute approximate surface area is 114 Å². The normalized spacial score (nSPS) is 19.1. The molecule has 2 N–H and O–H groups in total. The van der Waals surface area contributed by atoms with E-state index in [1.54, 1.807) is 13.0 Å². The number of hydrogen-bond donors (Lipinski definition) is 2. The molecule has 2 rings (SSSR count). The molecule has 1 saturated heterocycles. The molecule has 4 nitrogen and oxygen atoms in total. The second kappa shape index (κ2) is 6.06. The predicted molar refractivity (Wildman–Crippen MR) is 74.9 cm³/mol. The standard InChI is InChI=1S/C15H22N2O2/c1-11(14-5-3-4-6-15(14)19)17-9-7-13(8-10-17)16-12(2)18/h3-6,11,13,19H,7-10H2,1-2H3,(H,16,18). The fourth-order valence-electron chi connectivity index (χ4n) is 2.76. The number of benzene rings is 1. The van der Waals surface area contributed by atoms with Crippen LogP contribution < -0.4 is 5.32 Å². The van der Waals surface area contributed by atoms with E-state index in [9.17, 15) is 9.90 Å². The summed E-state index contributed by atoms with van der Waals surface area (Å²) in [5.74, 6) is 0.409. The highest BCUT2D eigenvalue weighted by Crippen LogP contribution is 2.29. The number of hydrogen-bond acceptors (Lipinski definition) is 3. The third-order valence-electron chi connectivity index (χ3n) is 3.87. The Morgan fingerprint density at radius 1 is 1.37 bits per heavy atom. The molecule has 1 aromatic rings.